The Kier molecular flexibility index (Phi) is 10.7. The van der Waals surface area contributed by atoms with Gasteiger partial charge in [-0.2, -0.15) is 0 Å². The summed E-state index contributed by atoms with van der Waals surface area (Å²) in [5.74, 6) is 1.70. The molecule has 0 spiro atoms. The van der Waals surface area contributed by atoms with Crippen molar-refractivity contribution in [2.75, 3.05) is 32.2 Å². The summed E-state index contributed by atoms with van der Waals surface area (Å²) in [5.41, 5.74) is 8.24. The van der Waals surface area contributed by atoms with E-state index in [1.54, 1.807) is 7.11 Å². The second-order valence-corrected chi connectivity index (χ2v) is 12.6. The van der Waals surface area contributed by atoms with Gasteiger partial charge in [-0.1, -0.05) is 72.3 Å². The van der Waals surface area contributed by atoms with Gasteiger partial charge in [-0.05, 0) is 73.6 Å². The number of fused-ring (bicyclic) bond motifs is 1. The first-order chi connectivity index (χ1) is 22.9. The van der Waals surface area contributed by atoms with Crippen LogP contribution in [0.25, 0.3) is 28.6 Å². The molecule has 8 heteroatoms. The number of pyridine rings is 1. The molecule has 3 N–H and O–H groups in total. The lowest BCUT2D eigenvalue weighted by Crippen LogP contribution is -2.47. The van der Waals surface area contributed by atoms with Crippen LogP contribution in [0, 0.1) is 6.92 Å². The highest BCUT2D eigenvalue weighted by Crippen LogP contribution is 2.39. The van der Waals surface area contributed by atoms with Crippen LogP contribution in [0.1, 0.15) is 50.2 Å². The monoisotopic (exact) mass is 650 g/mol. The van der Waals surface area contributed by atoms with Crippen LogP contribution in [-0.2, 0) is 9.47 Å². The Morgan fingerprint density at radius 3 is 2.64 bits per heavy atom. The number of allylic oxidation sites excluding steroid dienone is 4. The maximum absolute atomic E-state index is 10.4. The first kappa shape index (κ1) is 32.9. The quantitative estimate of drug-likeness (QED) is 0.265. The molecule has 3 heterocycles. The topological polar surface area (TPSA) is 88.0 Å². The Morgan fingerprint density at radius 2 is 1.79 bits per heavy atom. The predicted molar refractivity (Wildman–Crippen MR) is 193 cm³/mol. The molecule has 1 fully saturated rings. The average Bonchev–Trinajstić information content (AvgIpc) is 3.06. The normalized spacial score (nSPS) is 26.4. The molecule has 0 radical (unpaired) electrons. The summed E-state index contributed by atoms with van der Waals surface area (Å²) >= 11 is 7.26. The SMILES string of the molecule is CO/C1=C(CN[C@@H]2CCOC[C@@H]2O)/C=C\C(c2cccc(-c3cccc(NC4=c5\nccc\c5=C\CC/C(C)=N\4)c3C)c2Cl)=C/CC1. The van der Waals surface area contributed by atoms with Crippen molar-refractivity contribution in [3.05, 3.63) is 111 Å². The number of anilines is 1. The van der Waals surface area contributed by atoms with E-state index < -0.39 is 6.10 Å². The van der Waals surface area contributed by atoms with Gasteiger partial charge >= 0.3 is 0 Å². The van der Waals surface area contributed by atoms with E-state index in [4.69, 9.17) is 26.1 Å². The van der Waals surface area contributed by atoms with E-state index in [-0.39, 0.29) is 6.04 Å². The Labute approximate surface area is 282 Å². The zero-order valence-electron chi connectivity index (χ0n) is 27.4. The molecular weight excluding hydrogens is 608 g/mol. The van der Waals surface area contributed by atoms with Crippen molar-refractivity contribution >= 4 is 40.5 Å². The molecule has 7 nitrogen and oxygen atoms in total. The Balaban J connectivity index is 1.30. The van der Waals surface area contributed by atoms with Gasteiger partial charge in [-0.3, -0.25) is 4.98 Å². The zero-order valence-corrected chi connectivity index (χ0v) is 28.1. The number of hydrogen-bond acceptors (Lipinski definition) is 7. The third-order valence-electron chi connectivity index (χ3n) is 9.11. The number of benzene rings is 2. The number of nitrogens with one attached hydrogen (secondary N) is 2. The summed E-state index contributed by atoms with van der Waals surface area (Å²) in [7, 11) is 1.72. The van der Waals surface area contributed by atoms with E-state index in [1.807, 2.05) is 12.3 Å². The maximum atomic E-state index is 10.4. The summed E-state index contributed by atoms with van der Waals surface area (Å²) in [6, 6.07) is 16.5. The van der Waals surface area contributed by atoms with Crippen molar-refractivity contribution < 1.29 is 14.6 Å². The van der Waals surface area contributed by atoms with Gasteiger partial charge in [0.2, 0.25) is 0 Å². The fourth-order valence-corrected chi connectivity index (χ4v) is 6.76. The van der Waals surface area contributed by atoms with Crippen LogP contribution in [0.4, 0.5) is 5.69 Å². The van der Waals surface area contributed by atoms with Crippen LogP contribution < -0.4 is 21.2 Å². The van der Waals surface area contributed by atoms with E-state index in [0.717, 1.165) is 99.1 Å². The second-order valence-electron chi connectivity index (χ2n) is 12.3. The van der Waals surface area contributed by atoms with Gasteiger partial charge in [0, 0.05) is 59.9 Å². The molecule has 1 aromatic heterocycles. The fraction of sp³-hybridized carbons (Fsp3) is 0.333. The largest absolute Gasteiger partial charge is 0.501 e. The molecular formula is C39H43ClN4O3. The molecule has 3 aromatic rings. The van der Waals surface area contributed by atoms with Crippen molar-refractivity contribution in [3.8, 4) is 11.1 Å². The molecule has 244 valence electrons. The van der Waals surface area contributed by atoms with Crippen molar-refractivity contribution in [2.45, 2.75) is 58.1 Å². The van der Waals surface area contributed by atoms with Crippen LogP contribution >= 0.6 is 11.6 Å². The summed E-state index contributed by atoms with van der Waals surface area (Å²) in [4.78, 5) is 9.64. The van der Waals surface area contributed by atoms with E-state index in [1.165, 1.54) is 0 Å². The summed E-state index contributed by atoms with van der Waals surface area (Å²) in [6.45, 7) is 5.80. The highest BCUT2D eigenvalue weighted by Gasteiger charge is 2.24. The lowest BCUT2D eigenvalue weighted by molar-refractivity contribution is -0.0269. The van der Waals surface area contributed by atoms with Gasteiger partial charge in [0.1, 0.15) is 11.1 Å². The van der Waals surface area contributed by atoms with Crippen molar-refractivity contribution in [3.63, 3.8) is 0 Å². The second kappa shape index (κ2) is 15.3. The van der Waals surface area contributed by atoms with Crippen LogP contribution in [-0.4, -0.2) is 54.8 Å². The molecule has 1 saturated heterocycles. The van der Waals surface area contributed by atoms with Gasteiger partial charge < -0.3 is 25.2 Å². The van der Waals surface area contributed by atoms with E-state index in [9.17, 15) is 5.11 Å². The minimum Gasteiger partial charge on any atom is -0.501 e. The molecule has 6 rings (SSSR count). The molecule has 0 unspecified atom stereocenters. The number of hydrogen-bond donors (Lipinski definition) is 3. The average molecular weight is 651 g/mol. The Bertz CT molecular complexity index is 1880. The molecule has 0 saturated carbocycles. The Hall–Kier alpha value is -4.01. The number of ether oxygens (including phenoxy) is 2. The highest BCUT2D eigenvalue weighted by molar-refractivity contribution is 6.35. The first-order valence-corrected chi connectivity index (χ1v) is 16.8. The van der Waals surface area contributed by atoms with Crippen LogP contribution in [0.3, 0.4) is 0 Å². The summed E-state index contributed by atoms with van der Waals surface area (Å²) < 4.78 is 11.2. The number of aliphatic hydroxyl groups excluding tert-OH is 1. The van der Waals surface area contributed by atoms with Crippen LogP contribution in [0.2, 0.25) is 5.02 Å². The molecule has 2 aromatic carbocycles. The molecule has 0 amide bonds. The van der Waals surface area contributed by atoms with E-state index in [0.29, 0.717) is 24.8 Å². The third-order valence-corrected chi connectivity index (χ3v) is 9.52. The minimum atomic E-state index is -0.514. The lowest BCUT2D eigenvalue weighted by Gasteiger charge is -2.29. The summed E-state index contributed by atoms with van der Waals surface area (Å²) in [6.07, 6.45) is 14.2. The van der Waals surface area contributed by atoms with E-state index >= 15 is 0 Å². The van der Waals surface area contributed by atoms with Gasteiger partial charge in [0.25, 0.3) is 0 Å². The number of methoxy groups -OCH3 is 1. The maximum Gasteiger partial charge on any atom is 0.156 e. The number of halogens is 1. The first-order valence-electron chi connectivity index (χ1n) is 16.4. The minimum absolute atomic E-state index is 0.00606. The molecule has 1 aliphatic carbocycles. The van der Waals surface area contributed by atoms with Gasteiger partial charge in [-0.25, -0.2) is 4.99 Å². The van der Waals surface area contributed by atoms with Crippen LogP contribution in [0.5, 0.6) is 0 Å². The number of aliphatic hydroxyl groups is 1. The third kappa shape index (κ3) is 7.60. The summed E-state index contributed by atoms with van der Waals surface area (Å²) in [5, 5.41) is 20.1. The molecule has 2 atom stereocenters. The smallest absolute Gasteiger partial charge is 0.156 e. The lowest BCUT2D eigenvalue weighted by atomic mass is 9.93. The zero-order chi connectivity index (χ0) is 32.8. The number of nitrogens with zero attached hydrogens (tertiary/aromatic N) is 2. The predicted octanol–water partition coefficient (Wildman–Crippen LogP) is 6.30. The Morgan fingerprint density at radius 1 is 0.979 bits per heavy atom. The molecule has 47 heavy (non-hydrogen) atoms. The standard InChI is InChI=1S/C39H43ClN4O3/c1-25-9-4-11-28-12-8-21-41-38(28)39(43-25)44-33-16-7-13-30(26(33)2)32-15-6-14-31(37(32)40)27-10-5-17-36(46-3)29(19-18-27)23-42-34-20-22-47-24-35(34)45/h6-8,10-16,18-19,21,34-35,42,44-45H,4-5,9,17,20,22-24H2,1-3H3/b19-18-,27-10+,28-11-,36-29-,39-38-,43-25-/t34-,35+/m1/s1. The van der Waals surface area contributed by atoms with Gasteiger partial charge in [-0.15, -0.1) is 0 Å². The molecule has 2 aliphatic heterocycles. The number of aliphatic imine (C=N–C) groups is 1. The highest BCUT2D eigenvalue weighted by atomic mass is 35.5. The molecule has 3 aliphatic rings. The fourth-order valence-electron chi connectivity index (χ4n) is 6.42. The van der Waals surface area contributed by atoms with Gasteiger partial charge in [0.15, 0.2) is 5.82 Å². The van der Waals surface area contributed by atoms with Crippen molar-refractivity contribution in [1.29, 1.82) is 0 Å². The number of rotatable bonds is 8. The van der Waals surface area contributed by atoms with Gasteiger partial charge in [0.05, 0.1) is 24.8 Å². The molecule has 0 bridgehead atoms. The van der Waals surface area contributed by atoms with Crippen molar-refractivity contribution in [2.24, 2.45) is 4.99 Å². The van der Waals surface area contributed by atoms with Crippen molar-refractivity contribution in [1.82, 2.24) is 10.3 Å². The van der Waals surface area contributed by atoms with E-state index in [2.05, 4.69) is 96.2 Å². The van der Waals surface area contributed by atoms with Crippen LogP contribution in [0.15, 0.2) is 89.3 Å². The number of aromatic nitrogens is 1.